The Morgan fingerprint density at radius 1 is 0.305 bits per heavy atom. The van der Waals surface area contributed by atoms with Crippen LogP contribution in [0.15, 0.2) is 134 Å². The van der Waals surface area contributed by atoms with E-state index in [1.165, 1.54) is 51.4 Å². The Bertz CT molecular complexity index is 2260. The third-order valence-electron chi connectivity index (χ3n) is 14.8. The molecule has 0 rings (SSSR count). The summed E-state index contributed by atoms with van der Waals surface area (Å²) in [7, 11) is -9.80. The molecule has 5 atom stereocenters. The molecule has 18 heteroatoms. The lowest BCUT2D eigenvalue weighted by Gasteiger charge is -2.21. The van der Waals surface area contributed by atoms with Crippen LogP contribution in [0.4, 0.5) is 0 Å². The Labute approximate surface area is 575 Å². The number of rotatable bonds is 68. The number of allylic oxidation sites excluding steroid dienone is 22. The van der Waals surface area contributed by atoms with Crippen molar-refractivity contribution in [2.75, 3.05) is 39.6 Å². The molecule has 0 saturated carbocycles. The predicted molar refractivity (Wildman–Crippen MR) is 390 cm³/mol. The molecule has 95 heavy (non-hydrogen) atoms. The highest BCUT2D eigenvalue weighted by atomic mass is 31.2. The van der Waals surface area contributed by atoms with Gasteiger partial charge in [0, 0.05) is 19.3 Å². The molecule has 4 N–H and O–H groups in total. The monoisotopic (exact) mass is 1370 g/mol. The van der Waals surface area contributed by atoms with Crippen molar-refractivity contribution in [1.82, 2.24) is 0 Å². The lowest BCUT2D eigenvalue weighted by molar-refractivity contribution is -0.161. The van der Waals surface area contributed by atoms with E-state index in [0.29, 0.717) is 19.3 Å². The van der Waals surface area contributed by atoms with Gasteiger partial charge in [-0.3, -0.25) is 32.5 Å². The molecule has 0 aromatic carbocycles. The van der Waals surface area contributed by atoms with Crippen molar-refractivity contribution in [3.63, 3.8) is 0 Å². The SMILES string of the molecule is CC/C=C\C/C=C\C/C=C\C/C=C\C/C=C\C/C=C\CCCCCCC(=O)OCC(O)COP(=O)(O)OCC(O)COP(=O)(O)OCC(COC(=O)CCCCCCCCC/C=C\C/C=C\C/C=C\C/C=C\CCCCC)OC(=O)CCCCCCC/C=C\CCCCCC. The fraction of sp³-hybridized carbons (Fsp3) is 0.675. The van der Waals surface area contributed by atoms with E-state index in [2.05, 4.69) is 154 Å². The van der Waals surface area contributed by atoms with Gasteiger partial charge in [0.15, 0.2) is 6.10 Å². The first-order valence-electron chi connectivity index (χ1n) is 36.5. The Hall–Kier alpha value is -4.31. The lowest BCUT2D eigenvalue weighted by atomic mass is 10.1. The average molecular weight is 1370 g/mol. The topological polar surface area (TPSA) is 231 Å². The summed E-state index contributed by atoms with van der Waals surface area (Å²) in [6, 6.07) is 0. The Kier molecular flexibility index (Phi) is 66.4. The number of hydrogen-bond donors (Lipinski definition) is 4. The standard InChI is InChI=1S/C77H130O16P2/c1-4-7-10-13-16-19-22-25-27-29-31-33-35-37-39-41-43-46-48-51-54-57-60-63-75(80)87-66-72(78)67-89-94(83,84)90-68-73(79)69-91-95(85,86)92-71-74(93-77(82)65-62-59-56-53-50-45-24-21-18-15-12-9-6-3)70-88-76(81)64-61-58-55-52-49-47-44-42-40-38-36-34-32-30-28-26-23-20-17-14-11-8-5-2/h7,10,16-17,19-21,24-28,31-34,37-40,43,46,72-74,78-79H,4-6,8-9,11-15,18,22-23,29-30,35-36,41-42,44-45,47-71H2,1-3H3,(H,83,84)(H,85,86)/b10-7-,19-16-,20-17-,24-21-,27-25-,28-26-,33-31-,34-32-,39-37-,40-38-,46-43-. The molecule has 0 radical (unpaired) electrons. The molecule has 0 spiro atoms. The third kappa shape index (κ3) is 70.8. The van der Waals surface area contributed by atoms with E-state index in [4.69, 9.17) is 32.3 Å². The summed E-state index contributed by atoms with van der Waals surface area (Å²) in [5.41, 5.74) is 0. The number of phosphoric acid groups is 2. The molecule has 0 heterocycles. The van der Waals surface area contributed by atoms with E-state index >= 15 is 0 Å². The number of hydrogen-bond acceptors (Lipinski definition) is 14. The second-order valence-corrected chi connectivity index (χ2v) is 26.9. The first-order chi connectivity index (χ1) is 46.2. The van der Waals surface area contributed by atoms with Gasteiger partial charge in [0.1, 0.15) is 25.4 Å². The van der Waals surface area contributed by atoms with E-state index in [1.807, 2.05) is 0 Å². The van der Waals surface area contributed by atoms with Crippen LogP contribution >= 0.6 is 15.6 Å². The van der Waals surface area contributed by atoms with Crippen LogP contribution in [0.5, 0.6) is 0 Å². The normalized spacial score (nSPS) is 14.9. The second kappa shape index (κ2) is 69.6. The van der Waals surface area contributed by atoms with Crippen molar-refractivity contribution in [2.24, 2.45) is 0 Å². The van der Waals surface area contributed by atoms with Gasteiger partial charge in [-0.2, -0.15) is 0 Å². The smallest absolute Gasteiger partial charge is 0.463 e. The van der Waals surface area contributed by atoms with Gasteiger partial charge in [0.25, 0.3) is 0 Å². The largest absolute Gasteiger partial charge is 0.472 e. The maximum atomic E-state index is 12.9. The van der Waals surface area contributed by atoms with Crippen LogP contribution in [0.25, 0.3) is 0 Å². The number of phosphoric ester groups is 2. The molecule has 16 nitrogen and oxygen atoms in total. The van der Waals surface area contributed by atoms with Gasteiger partial charge in [0.05, 0.1) is 26.4 Å². The van der Waals surface area contributed by atoms with Crippen molar-refractivity contribution < 1.29 is 75.8 Å². The molecule has 0 aliphatic rings. The molecule has 0 saturated heterocycles. The molecule has 5 unspecified atom stereocenters. The molecular formula is C77H130O16P2. The van der Waals surface area contributed by atoms with Gasteiger partial charge in [-0.05, 0) is 141 Å². The van der Waals surface area contributed by atoms with Crippen molar-refractivity contribution in [1.29, 1.82) is 0 Å². The summed E-state index contributed by atoms with van der Waals surface area (Å²) >= 11 is 0. The Morgan fingerprint density at radius 2 is 0.558 bits per heavy atom. The summed E-state index contributed by atoms with van der Waals surface area (Å²) < 4.78 is 60.9. The van der Waals surface area contributed by atoms with E-state index in [-0.39, 0.29) is 19.3 Å². The van der Waals surface area contributed by atoms with Crippen LogP contribution in [0, 0.1) is 0 Å². The maximum Gasteiger partial charge on any atom is 0.472 e. The number of aliphatic hydroxyl groups excluding tert-OH is 2. The van der Waals surface area contributed by atoms with Gasteiger partial charge in [0.2, 0.25) is 0 Å². The number of carbonyl (C=O) groups excluding carboxylic acids is 3. The first-order valence-corrected chi connectivity index (χ1v) is 39.5. The van der Waals surface area contributed by atoms with E-state index < -0.39 is 91.5 Å². The van der Waals surface area contributed by atoms with Crippen molar-refractivity contribution in [2.45, 2.75) is 296 Å². The molecule has 0 amide bonds. The third-order valence-corrected chi connectivity index (χ3v) is 16.7. The number of carbonyl (C=O) groups is 3. The fourth-order valence-corrected chi connectivity index (χ4v) is 10.8. The minimum absolute atomic E-state index is 0.0884. The summed E-state index contributed by atoms with van der Waals surface area (Å²) in [4.78, 5) is 58.5. The molecule has 0 aliphatic heterocycles. The molecule has 0 aromatic heterocycles. The van der Waals surface area contributed by atoms with Crippen LogP contribution in [0.3, 0.4) is 0 Å². The molecule has 0 aliphatic carbocycles. The number of aliphatic hydroxyl groups is 2. The van der Waals surface area contributed by atoms with Crippen LogP contribution in [-0.4, -0.2) is 95.9 Å². The zero-order valence-electron chi connectivity index (χ0n) is 59.0. The maximum absolute atomic E-state index is 12.9. The van der Waals surface area contributed by atoms with Gasteiger partial charge < -0.3 is 34.2 Å². The highest BCUT2D eigenvalue weighted by Gasteiger charge is 2.29. The lowest BCUT2D eigenvalue weighted by Crippen LogP contribution is -2.30. The van der Waals surface area contributed by atoms with Crippen molar-refractivity contribution >= 4 is 33.6 Å². The van der Waals surface area contributed by atoms with E-state index in [0.717, 1.165) is 167 Å². The average Bonchev–Trinajstić information content (AvgIpc) is 1.91. The molecule has 0 fully saturated rings. The molecular weight excluding hydrogens is 1240 g/mol. The predicted octanol–water partition coefficient (Wildman–Crippen LogP) is 20.8. The van der Waals surface area contributed by atoms with E-state index in [9.17, 15) is 43.5 Å². The van der Waals surface area contributed by atoms with Crippen LogP contribution in [0.1, 0.15) is 278 Å². The number of unbranched alkanes of at least 4 members (excludes halogenated alkanes) is 23. The summed E-state index contributed by atoms with van der Waals surface area (Å²) in [5.74, 6) is -1.62. The first kappa shape index (κ1) is 90.7. The summed E-state index contributed by atoms with van der Waals surface area (Å²) in [6.45, 7) is 2.45. The molecule has 0 bridgehead atoms. The number of esters is 3. The highest BCUT2D eigenvalue weighted by Crippen LogP contribution is 2.45. The van der Waals surface area contributed by atoms with Gasteiger partial charge in [-0.1, -0.05) is 251 Å². The van der Waals surface area contributed by atoms with Crippen molar-refractivity contribution in [3.05, 3.63) is 134 Å². The minimum Gasteiger partial charge on any atom is -0.463 e. The second-order valence-electron chi connectivity index (χ2n) is 24.0. The van der Waals surface area contributed by atoms with Crippen molar-refractivity contribution in [3.8, 4) is 0 Å². The minimum atomic E-state index is -4.94. The van der Waals surface area contributed by atoms with Crippen LogP contribution < -0.4 is 0 Å². The van der Waals surface area contributed by atoms with Gasteiger partial charge in [-0.25, -0.2) is 9.13 Å². The molecule has 544 valence electrons. The zero-order chi connectivity index (χ0) is 69.5. The number of ether oxygens (including phenoxy) is 3. The Morgan fingerprint density at radius 3 is 0.916 bits per heavy atom. The summed E-state index contributed by atoms with van der Waals surface area (Å²) in [6.07, 6.45) is 82.1. The quantitative estimate of drug-likeness (QED) is 0.0146. The summed E-state index contributed by atoms with van der Waals surface area (Å²) in [5, 5.41) is 20.6. The van der Waals surface area contributed by atoms with Crippen LogP contribution in [-0.2, 0) is 55.8 Å². The Balaban J connectivity index is 4.65. The highest BCUT2D eigenvalue weighted by molar-refractivity contribution is 7.47. The van der Waals surface area contributed by atoms with Gasteiger partial charge >= 0.3 is 33.6 Å². The van der Waals surface area contributed by atoms with Gasteiger partial charge in [-0.15, -0.1) is 0 Å². The zero-order valence-corrected chi connectivity index (χ0v) is 60.8. The van der Waals surface area contributed by atoms with Crippen LogP contribution in [0.2, 0.25) is 0 Å². The fourth-order valence-electron chi connectivity index (χ4n) is 9.26. The van der Waals surface area contributed by atoms with E-state index in [1.54, 1.807) is 0 Å². The molecule has 0 aromatic rings.